The number of benzene rings is 2. The van der Waals surface area contributed by atoms with Gasteiger partial charge in [0.1, 0.15) is 0 Å². The van der Waals surface area contributed by atoms with E-state index in [0.717, 1.165) is 21.6 Å². The van der Waals surface area contributed by atoms with Crippen molar-refractivity contribution in [3.05, 3.63) is 63.6 Å². The number of nitrogens with one attached hydrogen (secondary N) is 1. The number of anilines is 1. The Morgan fingerprint density at radius 1 is 1.15 bits per heavy atom. The predicted molar refractivity (Wildman–Crippen MR) is 91.5 cm³/mol. The van der Waals surface area contributed by atoms with Crippen LogP contribution in [0.5, 0.6) is 0 Å². The first-order valence-corrected chi connectivity index (χ1v) is 8.14. The second kappa shape index (κ2) is 7.70. The molecule has 0 spiro atoms. The van der Waals surface area contributed by atoms with E-state index in [0.29, 0.717) is 6.04 Å². The molecule has 20 heavy (non-hydrogen) atoms. The molecule has 0 radical (unpaired) electrons. The van der Waals surface area contributed by atoms with Crippen molar-refractivity contribution in [3.63, 3.8) is 0 Å². The lowest BCUT2D eigenvalue weighted by atomic mass is 10.0. The fourth-order valence-electron chi connectivity index (χ4n) is 2.21. The lowest BCUT2D eigenvalue weighted by molar-refractivity contribution is 0.634. The lowest BCUT2D eigenvalue weighted by Crippen LogP contribution is -2.11. The van der Waals surface area contributed by atoms with Gasteiger partial charge in [0.05, 0.1) is 6.04 Å². The normalized spacial score (nSPS) is 12.2. The fourth-order valence-corrected chi connectivity index (χ4v) is 3.01. The summed E-state index contributed by atoms with van der Waals surface area (Å²) in [7, 11) is 0. The van der Waals surface area contributed by atoms with Gasteiger partial charge in [-0.15, -0.1) is 0 Å². The molecule has 1 unspecified atom stereocenters. The molecule has 0 fully saturated rings. The molecule has 106 valence electrons. The SMILES string of the molecule is CCCCC(Nc1ccc(Cl)cc1Br)c1ccccc1. The fraction of sp³-hybridized carbons (Fsp3) is 0.294. The molecule has 2 aromatic carbocycles. The summed E-state index contributed by atoms with van der Waals surface area (Å²) in [6, 6.07) is 16.8. The molecule has 0 saturated heterocycles. The first-order valence-electron chi connectivity index (χ1n) is 6.97. The van der Waals surface area contributed by atoms with E-state index in [-0.39, 0.29) is 0 Å². The minimum atomic E-state index is 0.327. The van der Waals surface area contributed by atoms with E-state index in [2.05, 4.69) is 58.5 Å². The highest BCUT2D eigenvalue weighted by atomic mass is 79.9. The molecule has 0 amide bonds. The first kappa shape index (κ1) is 15.4. The van der Waals surface area contributed by atoms with E-state index < -0.39 is 0 Å². The molecule has 0 aliphatic heterocycles. The molecule has 0 bridgehead atoms. The van der Waals surface area contributed by atoms with Crippen LogP contribution in [-0.4, -0.2) is 0 Å². The third-order valence-corrected chi connectivity index (χ3v) is 4.20. The molecule has 1 nitrogen and oxygen atoms in total. The third-order valence-electron chi connectivity index (χ3n) is 3.31. The Morgan fingerprint density at radius 2 is 1.90 bits per heavy atom. The zero-order valence-electron chi connectivity index (χ0n) is 11.6. The van der Waals surface area contributed by atoms with Crippen molar-refractivity contribution in [2.45, 2.75) is 32.2 Å². The van der Waals surface area contributed by atoms with E-state index in [1.165, 1.54) is 18.4 Å². The Bertz CT molecular complexity index is 542. The van der Waals surface area contributed by atoms with Crippen LogP contribution in [0.4, 0.5) is 5.69 Å². The Hall–Kier alpha value is -0.990. The summed E-state index contributed by atoms with van der Waals surface area (Å²) in [4.78, 5) is 0. The Kier molecular flexibility index (Phi) is 5.93. The van der Waals surface area contributed by atoms with Crippen molar-refractivity contribution in [3.8, 4) is 0 Å². The highest BCUT2D eigenvalue weighted by Crippen LogP contribution is 2.31. The maximum absolute atomic E-state index is 6.00. The summed E-state index contributed by atoms with van der Waals surface area (Å²) >= 11 is 9.57. The molecule has 0 heterocycles. The average molecular weight is 353 g/mol. The highest BCUT2D eigenvalue weighted by molar-refractivity contribution is 9.10. The molecule has 2 aromatic rings. The zero-order chi connectivity index (χ0) is 14.4. The van der Waals surface area contributed by atoms with Gasteiger partial charge in [-0.05, 0) is 46.1 Å². The van der Waals surface area contributed by atoms with Crippen LogP contribution in [0.1, 0.15) is 37.8 Å². The van der Waals surface area contributed by atoms with Crippen molar-refractivity contribution >= 4 is 33.2 Å². The van der Waals surface area contributed by atoms with Gasteiger partial charge in [0.15, 0.2) is 0 Å². The minimum absolute atomic E-state index is 0.327. The molecule has 2 rings (SSSR count). The zero-order valence-corrected chi connectivity index (χ0v) is 13.9. The van der Waals surface area contributed by atoms with Crippen LogP contribution in [0.15, 0.2) is 53.0 Å². The van der Waals surface area contributed by atoms with E-state index in [4.69, 9.17) is 11.6 Å². The molecule has 1 N–H and O–H groups in total. The Balaban J connectivity index is 2.19. The summed E-state index contributed by atoms with van der Waals surface area (Å²) < 4.78 is 1.00. The van der Waals surface area contributed by atoms with Gasteiger partial charge in [-0.25, -0.2) is 0 Å². The number of hydrogen-bond acceptors (Lipinski definition) is 1. The van der Waals surface area contributed by atoms with Gasteiger partial charge in [-0.3, -0.25) is 0 Å². The van der Waals surface area contributed by atoms with Crippen molar-refractivity contribution in [1.82, 2.24) is 0 Å². The van der Waals surface area contributed by atoms with Crippen LogP contribution in [0.2, 0.25) is 5.02 Å². The Labute approximate surface area is 134 Å². The van der Waals surface area contributed by atoms with E-state index >= 15 is 0 Å². The van der Waals surface area contributed by atoms with Crippen molar-refractivity contribution in [2.24, 2.45) is 0 Å². The number of unbranched alkanes of at least 4 members (excludes halogenated alkanes) is 1. The van der Waals surface area contributed by atoms with Gasteiger partial charge in [-0.2, -0.15) is 0 Å². The van der Waals surface area contributed by atoms with Gasteiger partial charge in [0.25, 0.3) is 0 Å². The molecular weight excluding hydrogens is 334 g/mol. The van der Waals surface area contributed by atoms with E-state index in [1.807, 2.05) is 18.2 Å². The maximum Gasteiger partial charge on any atom is 0.0514 e. The summed E-state index contributed by atoms with van der Waals surface area (Å²) in [5.41, 5.74) is 2.40. The second-order valence-electron chi connectivity index (χ2n) is 4.87. The van der Waals surface area contributed by atoms with Gasteiger partial charge in [0.2, 0.25) is 0 Å². The predicted octanol–water partition coefficient (Wildman–Crippen LogP) is 6.45. The number of rotatable bonds is 6. The average Bonchev–Trinajstić information content (AvgIpc) is 2.46. The van der Waals surface area contributed by atoms with Crippen molar-refractivity contribution in [2.75, 3.05) is 5.32 Å². The third kappa shape index (κ3) is 4.26. The van der Waals surface area contributed by atoms with E-state index in [9.17, 15) is 0 Å². The van der Waals surface area contributed by atoms with Crippen molar-refractivity contribution < 1.29 is 0 Å². The summed E-state index contributed by atoms with van der Waals surface area (Å²) in [5, 5.41) is 4.36. The largest absolute Gasteiger partial charge is 0.377 e. The molecule has 0 aromatic heterocycles. The standard InChI is InChI=1S/C17H19BrClN/c1-2-3-9-16(13-7-5-4-6-8-13)20-17-11-10-14(19)12-15(17)18/h4-8,10-12,16,20H,2-3,9H2,1H3. The van der Waals surface area contributed by atoms with Crippen LogP contribution < -0.4 is 5.32 Å². The molecule has 1 atom stereocenters. The van der Waals surface area contributed by atoms with Gasteiger partial charge in [-0.1, -0.05) is 61.7 Å². The summed E-state index contributed by atoms with van der Waals surface area (Å²) in [6.07, 6.45) is 3.53. The second-order valence-corrected chi connectivity index (χ2v) is 6.16. The summed E-state index contributed by atoms with van der Waals surface area (Å²) in [6.45, 7) is 2.22. The quantitative estimate of drug-likeness (QED) is 0.630. The molecule has 3 heteroatoms. The lowest BCUT2D eigenvalue weighted by Gasteiger charge is -2.21. The van der Waals surface area contributed by atoms with Gasteiger partial charge in [0, 0.05) is 15.2 Å². The molecule has 0 aliphatic rings. The number of halogens is 2. The smallest absolute Gasteiger partial charge is 0.0514 e. The van der Waals surface area contributed by atoms with E-state index in [1.54, 1.807) is 0 Å². The van der Waals surface area contributed by atoms with Crippen LogP contribution in [-0.2, 0) is 0 Å². The summed E-state index contributed by atoms with van der Waals surface area (Å²) in [5.74, 6) is 0. The molecule has 0 aliphatic carbocycles. The van der Waals surface area contributed by atoms with Crippen LogP contribution >= 0.6 is 27.5 Å². The maximum atomic E-state index is 6.00. The monoisotopic (exact) mass is 351 g/mol. The van der Waals surface area contributed by atoms with Crippen molar-refractivity contribution in [1.29, 1.82) is 0 Å². The Morgan fingerprint density at radius 3 is 2.55 bits per heavy atom. The van der Waals surface area contributed by atoms with Gasteiger partial charge >= 0.3 is 0 Å². The van der Waals surface area contributed by atoms with Crippen LogP contribution in [0.25, 0.3) is 0 Å². The highest BCUT2D eigenvalue weighted by Gasteiger charge is 2.12. The molecule has 0 saturated carbocycles. The number of hydrogen-bond donors (Lipinski definition) is 1. The van der Waals surface area contributed by atoms with Gasteiger partial charge < -0.3 is 5.32 Å². The van der Waals surface area contributed by atoms with Crippen LogP contribution in [0, 0.1) is 0 Å². The topological polar surface area (TPSA) is 12.0 Å². The molecular formula is C17H19BrClN. The first-order chi connectivity index (χ1) is 9.70. The van der Waals surface area contributed by atoms with Crippen LogP contribution in [0.3, 0.4) is 0 Å². The minimum Gasteiger partial charge on any atom is -0.377 e.